The van der Waals surface area contributed by atoms with Crippen LogP contribution >= 0.6 is 11.6 Å². The zero-order valence-electron chi connectivity index (χ0n) is 11.8. The highest BCUT2D eigenvalue weighted by molar-refractivity contribution is 7.91. The Bertz CT molecular complexity index is 495. The molecule has 21 heavy (non-hydrogen) atoms. The van der Waals surface area contributed by atoms with Gasteiger partial charge in [-0.15, -0.1) is 0 Å². The quantitative estimate of drug-likeness (QED) is 0.550. The zero-order valence-corrected chi connectivity index (χ0v) is 13.4. The molecule has 2 rings (SSSR count). The smallest absolute Gasteiger partial charge is 0.177 e. The highest BCUT2D eigenvalue weighted by atomic mass is 35.5. The van der Waals surface area contributed by atoms with Gasteiger partial charge in [-0.3, -0.25) is 9.59 Å². The lowest BCUT2D eigenvalue weighted by Gasteiger charge is -2.29. The van der Waals surface area contributed by atoms with Crippen LogP contribution < -0.4 is 0 Å². The second-order valence-corrected chi connectivity index (χ2v) is 8.05. The van der Waals surface area contributed by atoms with Crippen LogP contribution in [0.2, 0.25) is 0 Å². The summed E-state index contributed by atoms with van der Waals surface area (Å²) in [7, 11) is -3.76. The number of ether oxygens (including phenoxy) is 2. The molecule has 0 bridgehead atoms. The molecule has 0 radical (unpaired) electrons. The Hall–Kier alpha value is -0.500. The van der Waals surface area contributed by atoms with E-state index in [0.717, 1.165) is 12.7 Å². The molecule has 1 heterocycles. The Balaban J connectivity index is 2.18. The molecule has 8 heteroatoms. The van der Waals surface area contributed by atoms with Crippen LogP contribution in [-0.2, 0) is 28.9 Å². The minimum Gasteiger partial charge on any atom is -0.374 e. The molecule has 0 aromatic carbocycles. The minimum absolute atomic E-state index is 0.193. The van der Waals surface area contributed by atoms with Gasteiger partial charge in [0, 0.05) is 25.7 Å². The molecule has 1 aliphatic carbocycles. The van der Waals surface area contributed by atoms with Gasteiger partial charge in [0.25, 0.3) is 0 Å². The van der Waals surface area contributed by atoms with Crippen LogP contribution in [0.1, 0.15) is 32.1 Å². The number of hydrogen-bond donors (Lipinski definition) is 0. The van der Waals surface area contributed by atoms with Gasteiger partial charge in [0.05, 0.1) is 6.10 Å². The van der Waals surface area contributed by atoms with Crippen LogP contribution in [0.15, 0.2) is 0 Å². The molecule has 3 atom stereocenters. The van der Waals surface area contributed by atoms with Gasteiger partial charge < -0.3 is 9.47 Å². The summed E-state index contributed by atoms with van der Waals surface area (Å²) >= 11 is 6.07. The fourth-order valence-electron chi connectivity index (χ4n) is 2.68. The minimum atomic E-state index is -3.76. The molecule has 1 saturated heterocycles. The Morgan fingerprint density at radius 1 is 1.24 bits per heavy atom. The zero-order chi connectivity index (χ0) is 15.6. The lowest BCUT2D eigenvalue weighted by atomic mass is 9.87. The third-order valence-electron chi connectivity index (χ3n) is 3.76. The molecule has 0 aromatic rings. The summed E-state index contributed by atoms with van der Waals surface area (Å²) in [4.78, 5) is 23.9. The third kappa shape index (κ3) is 4.03. The van der Waals surface area contributed by atoms with Gasteiger partial charge in [-0.25, -0.2) is 8.42 Å². The number of hydrogen-bond acceptors (Lipinski definition) is 6. The van der Waals surface area contributed by atoms with Crippen molar-refractivity contribution in [3.8, 4) is 0 Å². The lowest BCUT2D eigenvalue weighted by Crippen LogP contribution is -2.46. The fraction of sp³-hybridized carbons (Fsp3) is 0.846. The SMILES string of the molecule is CS(=O)(=O)C(OC(Cl)C1CCCO1)C1C(=O)CCCC1=O. The summed E-state index contributed by atoms with van der Waals surface area (Å²) in [5.41, 5.74) is -2.51. The molecule has 3 unspecified atom stereocenters. The predicted octanol–water partition coefficient (Wildman–Crippen LogP) is 1.06. The largest absolute Gasteiger partial charge is 0.374 e. The van der Waals surface area contributed by atoms with Crippen molar-refractivity contribution in [3.05, 3.63) is 0 Å². The molecular weight excluding hydrogens is 320 g/mol. The van der Waals surface area contributed by atoms with E-state index in [-0.39, 0.29) is 12.8 Å². The number of alkyl halides is 1. The van der Waals surface area contributed by atoms with Crippen LogP contribution in [0.3, 0.4) is 0 Å². The van der Waals surface area contributed by atoms with Gasteiger partial charge in [0.15, 0.2) is 20.8 Å². The van der Waals surface area contributed by atoms with Crippen molar-refractivity contribution < 1.29 is 27.5 Å². The van der Waals surface area contributed by atoms with E-state index in [1.807, 2.05) is 0 Å². The average molecular weight is 339 g/mol. The van der Waals surface area contributed by atoms with Gasteiger partial charge in [0.1, 0.15) is 17.5 Å². The number of Topliss-reactive ketones (excluding diaryl/α,β-unsaturated/α-hetero) is 2. The predicted molar refractivity (Wildman–Crippen MR) is 75.7 cm³/mol. The first-order chi connectivity index (χ1) is 9.80. The van der Waals surface area contributed by atoms with Crippen LogP contribution in [0.5, 0.6) is 0 Å². The number of halogens is 1. The van der Waals surface area contributed by atoms with Gasteiger partial charge >= 0.3 is 0 Å². The first kappa shape index (κ1) is 16.9. The van der Waals surface area contributed by atoms with Gasteiger partial charge in [-0.1, -0.05) is 11.6 Å². The van der Waals surface area contributed by atoms with E-state index in [1.165, 1.54) is 0 Å². The van der Waals surface area contributed by atoms with E-state index >= 15 is 0 Å². The summed E-state index contributed by atoms with van der Waals surface area (Å²) in [5, 5.41) is 0. The normalized spacial score (nSPS) is 27.8. The van der Waals surface area contributed by atoms with Crippen molar-refractivity contribution in [2.24, 2.45) is 5.92 Å². The molecule has 120 valence electrons. The average Bonchev–Trinajstić information content (AvgIpc) is 2.89. The second kappa shape index (κ2) is 6.73. The Morgan fingerprint density at radius 3 is 2.33 bits per heavy atom. The van der Waals surface area contributed by atoms with E-state index in [1.54, 1.807) is 0 Å². The number of sulfone groups is 1. The van der Waals surface area contributed by atoms with Crippen LogP contribution in [0, 0.1) is 5.92 Å². The topological polar surface area (TPSA) is 86.7 Å². The maximum atomic E-state index is 12.0. The Kier molecular flexibility index (Phi) is 5.40. The molecule has 1 aliphatic heterocycles. The third-order valence-corrected chi connectivity index (χ3v) is 5.37. The number of rotatable bonds is 5. The second-order valence-electron chi connectivity index (χ2n) is 5.50. The summed E-state index contributed by atoms with van der Waals surface area (Å²) < 4.78 is 34.6. The monoisotopic (exact) mass is 338 g/mol. The molecule has 1 saturated carbocycles. The highest BCUT2D eigenvalue weighted by Crippen LogP contribution is 2.29. The number of carbonyl (C=O) groups is 2. The fourth-order valence-corrected chi connectivity index (χ4v) is 4.17. The summed E-state index contributed by atoms with van der Waals surface area (Å²) in [6.45, 7) is 0.544. The van der Waals surface area contributed by atoms with E-state index in [4.69, 9.17) is 21.1 Å². The maximum Gasteiger partial charge on any atom is 0.177 e. The van der Waals surface area contributed by atoms with Crippen molar-refractivity contribution in [1.82, 2.24) is 0 Å². The first-order valence-corrected chi connectivity index (χ1v) is 9.35. The van der Waals surface area contributed by atoms with Crippen molar-refractivity contribution >= 4 is 33.0 Å². The van der Waals surface area contributed by atoms with Crippen molar-refractivity contribution in [2.45, 2.75) is 49.2 Å². The molecule has 0 spiro atoms. The molecular formula is C13H19ClO6S. The lowest BCUT2D eigenvalue weighted by molar-refractivity contribution is -0.141. The molecule has 0 N–H and O–H groups in total. The highest BCUT2D eigenvalue weighted by Gasteiger charge is 2.44. The van der Waals surface area contributed by atoms with E-state index < -0.39 is 44.4 Å². The molecule has 2 aliphatic rings. The molecule has 0 aromatic heterocycles. The van der Waals surface area contributed by atoms with Crippen molar-refractivity contribution in [2.75, 3.05) is 12.9 Å². The Labute approximate surface area is 129 Å². The summed E-state index contributed by atoms with van der Waals surface area (Å²) in [5.74, 6) is -2.05. The number of carbonyl (C=O) groups excluding carboxylic acids is 2. The number of ketones is 2. The summed E-state index contributed by atoms with van der Waals surface area (Å²) in [6, 6.07) is 0. The maximum absolute atomic E-state index is 12.0. The molecule has 6 nitrogen and oxygen atoms in total. The van der Waals surface area contributed by atoms with Crippen LogP contribution in [0.4, 0.5) is 0 Å². The van der Waals surface area contributed by atoms with Crippen molar-refractivity contribution in [1.29, 1.82) is 0 Å². The standard InChI is InChI=1S/C13H19ClO6S/c1-21(17,18)13(11-8(15)4-2-5-9(11)16)20-12(14)10-6-3-7-19-10/h10-13H,2-7H2,1H3. The van der Waals surface area contributed by atoms with E-state index in [9.17, 15) is 18.0 Å². The van der Waals surface area contributed by atoms with Crippen LogP contribution in [-0.4, -0.2) is 50.0 Å². The Morgan fingerprint density at radius 2 is 1.86 bits per heavy atom. The van der Waals surface area contributed by atoms with Gasteiger partial charge in [-0.2, -0.15) is 0 Å². The van der Waals surface area contributed by atoms with E-state index in [2.05, 4.69) is 0 Å². The summed E-state index contributed by atoms with van der Waals surface area (Å²) in [6.07, 6.45) is 2.87. The van der Waals surface area contributed by atoms with Gasteiger partial charge in [0.2, 0.25) is 0 Å². The molecule has 2 fully saturated rings. The van der Waals surface area contributed by atoms with Gasteiger partial charge in [-0.05, 0) is 19.3 Å². The molecule has 0 amide bonds. The van der Waals surface area contributed by atoms with Crippen molar-refractivity contribution in [3.63, 3.8) is 0 Å². The van der Waals surface area contributed by atoms with Crippen LogP contribution in [0.25, 0.3) is 0 Å². The van der Waals surface area contributed by atoms with E-state index in [0.29, 0.717) is 19.4 Å². The first-order valence-electron chi connectivity index (χ1n) is 6.96.